The maximum Gasteiger partial charge on any atom is 0.227 e. The molecule has 1 atom stereocenters. The largest absolute Gasteiger partial charge is 0.502 e. The van der Waals surface area contributed by atoms with Crippen LogP contribution < -0.4 is 15.9 Å². The van der Waals surface area contributed by atoms with Gasteiger partial charge in [0.25, 0.3) is 0 Å². The third-order valence-electron chi connectivity index (χ3n) is 5.07. The molecule has 1 amide bonds. The first-order valence-corrected chi connectivity index (χ1v) is 9.48. The number of carbonyl (C=O) groups is 1. The zero-order chi connectivity index (χ0) is 20.1. The van der Waals surface area contributed by atoms with Crippen molar-refractivity contribution in [2.75, 3.05) is 20.2 Å². The van der Waals surface area contributed by atoms with Crippen molar-refractivity contribution in [2.45, 2.75) is 38.1 Å². The first-order valence-electron chi connectivity index (χ1n) is 9.48. The second-order valence-corrected chi connectivity index (χ2v) is 7.12. The topological polar surface area (TPSA) is 106 Å². The molecule has 0 radical (unpaired) electrons. The minimum absolute atomic E-state index is 0.0727. The highest BCUT2D eigenvalue weighted by Crippen LogP contribution is 2.34. The van der Waals surface area contributed by atoms with Crippen molar-refractivity contribution in [1.82, 2.24) is 4.90 Å². The Bertz CT molecular complexity index is 869. The summed E-state index contributed by atoms with van der Waals surface area (Å²) in [5.41, 5.74) is 5.61. The Morgan fingerprint density at radius 3 is 2.54 bits per heavy atom. The fourth-order valence-corrected chi connectivity index (χ4v) is 3.61. The Morgan fingerprint density at radius 2 is 1.93 bits per heavy atom. The number of likely N-dealkylation sites (tertiary alicyclic amines) is 1. The fraction of sp³-hybridized carbons (Fsp3) is 0.429. The van der Waals surface area contributed by atoms with E-state index in [0.29, 0.717) is 23.6 Å². The molecule has 7 nitrogen and oxygen atoms in total. The molecule has 7 heteroatoms. The normalized spacial score (nSPS) is 15.9. The monoisotopic (exact) mass is 386 g/mol. The number of ether oxygens (including phenoxy) is 1. The van der Waals surface area contributed by atoms with Gasteiger partial charge < -0.3 is 20.0 Å². The molecule has 1 aromatic carbocycles. The van der Waals surface area contributed by atoms with E-state index in [1.807, 2.05) is 0 Å². The lowest BCUT2D eigenvalue weighted by Gasteiger charge is -2.26. The van der Waals surface area contributed by atoms with Crippen molar-refractivity contribution in [2.24, 2.45) is 5.73 Å². The average Bonchev–Trinajstić information content (AvgIpc) is 2.70. The van der Waals surface area contributed by atoms with E-state index >= 15 is 0 Å². The zero-order valence-electron chi connectivity index (χ0n) is 16.0. The number of carbonyl (C=O) groups excluding carboxylic acids is 1. The number of amides is 1. The molecule has 0 spiro atoms. The van der Waals surface area contributed by atoms with Crippen LogP contribution in [0.1, 0.15) is 48.7 Å². The first kappa shape index (κ1) is 19.9. The van der Waals surface area contributed by atoms with Crippen molar-refractivity contribution >= 4 is 5.91 Å². The predicted octanol–water partition coefficient (Wildman–Crippen LogP) is 2.35. The van der Waals surface area contributed by atoms with Gasteiger partial charge in [-0.15, -0.1) is 0 Å². The molecular weight excluding hydrogens is 360 g/mol. The van der Waals surface area contributed by atoms with Crippen LogP contribution in [0.15, 0.2) is 39.5 Å². The van der Waals surface area contributed by atoms with E-state index in [2.05, 4.69) is 4.90 Å². The summed E-state index contributed by atoms with van der Waals surface area (Å²) in [6.07, 6.45) is 3.35. The molecule has 0 aliphatic carbocycles. The second kappa shape index (κ2) is 8.93. The fourth-order valence-electron chi connectivity index (χ4n) is 3.61. The molecule has 2 heterocycles. The molecule has 3 N–H and O–H groups in total. The Kier molecular flexibility index (Phi) is 6.36. The van der Waals surface area contributed by atoms with E-state index in [9.17, 15) is 14.7 Å². The molecule has 28 heavy (non-hydrogen) atoms. The van der Waals surface area contributed by atoms with E-state index in [1.165, 1.54) is 12.5 Å². The molecule has 1 aliphatic heterocycles. The van der Waals surface area contributed by atoms with Crippen LogP contribution in [0.25, 0.3) is 0 Å². The van der Waals surface area contributed by atoms with Crippen LogP contribution in [0.4, 0.5) is 0 Å². The minimum atomic E-state index is -0.655. The number of nitrogens with zero attached hydrogens (tertiary/aromatic N) is 1. The highest BCUT2D eigenvalue weighted by atomic mass is 16.5. The molecular formula is C21H26N2O5. The number of benzene rings is 1. The number of piperidine rings is 1. The van der Waals surface area contributed by atoms with Crippen molar-refractivity contribution in [3.05, 3.63) is 57.6 Å². The van der Waals surface area contributed by atoms with Gasteiger partial charge >= 0.3 is 0 Å². The Morgan fingerprint density at radius 1 is 1.25 bits per heavy atom. The van der Waals surface area contributed by atoms with Crippen molar-refractivity contribution in [3.8, 4) is 11.5 Å². The Hall–Kier alpha value is -2.80. The molecule has 150 valence electrons. The first-order chi connectivity index (χ1) is 13.5. The highest BCUT2D eigenvalue weighted by molar-refractivity contribution is 5.75. The summed E-state index contributed by atoms with van der Waals surface area (Å²) >= 11 is 0. The van der Waals surface area contributed by atoms with Gasteiger partial charge in [-0.2, -0.15) is 0 Å². The van der Waals surface area contributed by atoms with Crippen LogP contribution >= 0.6 is 0 Å². The zero-order valence-corrected chi connectivity index (χ0v) is 16.0. The van der Waals surface area contributed by atoms with E-state index < -0.39 is 23.0 Å². The lowest BCUT2D eigenvalue weighted by molar-refractivity contribution is -0.118. The maximum absolute atomic E-state index is 12.4. The van der Waals surface area contributed by atoms with E-state index in [-0.39, 0.29) is 12.2 Å². The van der Waals surface area contributed by atoms with Gasteiger partial charge in [0.1, 0.15) is 11.5 Å². The van der Waals surface area contributed by atoms with Gasteiger partial charge in [-0.3, -0.25) is 14.5 Å². The highest BCUT2D eigenvalue weighted by Gasteiger charge is 2.26. The minimum Gasteiger partial charge on any atom is -0.502 e. The quantitative estimate of drug-likeness (QED) is 0.757. The third-order valence-corrected chi connectivity index (χ3v) is 5.07. The van der Waals surface area contributed by atoms with Gasteiger partial charge in [-0.25, -0.2) is 0 Å². The lowest BCUT2D eigenvalue weighted by atomic mass is 9.92. The van der Waals surface area contributed by atoms with Crippen LogP contribution in [0, 0.1) is 0 Å². The Labute approximate surface area is 163 Å². The molecule has 1 aromatic heterocycles. The third kappa shape index (κ3) is 4.72. The lowest BCUT2D eigenvalue weighted by Crippen LogP contribution is -2.29. The summed E-state index contributed by atoms with van der Waals surface area (Å²) in [6.45, 7) is 2.39. The van der Waals surface area contributed by atoms with Crippen molar-refractivity contribution < 1.29 is 19.1 Å². The van der Waals surface area contributed by atoms with Crippen molar-refractivity contribution in [3.63, 3.8) is 0 Å². The summed E-state index contributed by atoms with van der Waals surface area (Å²) < 4.78 is 11.1. The number of aromatic hydroxyl groups is 1. The van der Waals surface area contributed by atoms with Crippen LogP contribution in [-0.4, -0.2) is 36.1 Å². The van der Waals surface area contributed by atoms with Gasteiger partial charge in [0.2, 0.25) is 17.1 Å². The van der Waals surface area contributed by atoms with Crippen molar-refractivity contribution in [1.29, 1.82) is 0 Å². The molecule has 0 saturated carbocycles. The average molecular weight is 386 g/mol. The number of methoxy groups -OCH3 is 1. The molecule has 1 fully saturated rings. The summed E-state index contributed by atoms with van der Waals surface area (Å²) in [6, 6.07) is 8.35. The number of hydrogen-bond donors (Lipinski definition) is 2. The molecule has 0 unspecified atom stereocenters. The molecule has 0 bridgehead atoms. The van der Waals surface area contributed by atoms with Crippen LogP contribution in [-0.2, 0) is 11.3 Å². The molecule has 2 aromatic rings. The predicted molar refractivity (Wildman–Crippen MR) is 104 cm³/mol. The van der Waals surface area contributed by atoms with Gasteiger partial charge in [-0.1, -0.05) is 18.6 Å². The number of primary amides is 1. The van der Waals surface area contributed by atoms with E-state index in [0.717, 1.165) is 25.9 Å². The number of hydrogen-bond acceptors (Lipinski definition) is 6. The Balaban J connectivity index is 1.97. The van der Waals surface area contributed by atoms with Crippen LogP contribution in [0.5, 0.6) is 11.5 Å². The summed E-state index contributed by atoms with van der Waals surface area (Å²) in [5, 5.41) is 10.4. The number of nitrogens with two attached hydrogens (primary N) is 1. The smallest absolute Gasteiger partial charge is 0.227 e. The van der Waals surface area contributed by atoms with Crippen LogP contribution in [0.3, 0.4) is 0 Å². The summed E-state index contributed by atoms with van der Waals surface area (Å²) in [4.78, 5) is 26.2. The maximum atomic E-state index is 12.4. The van der Waals surface area contributed by atoms with E-state index in [4.69, 9.17) is 14.9 Å². The van der Waals surface area contributed by atoms with Gasteiger partial charge in [0.15, 0.2) is 5.76 Å². The van der Waals surface area contributed by atoms with Gasteiger partial charge in [-0.05, 0) is 43.6 Å². The molecule has 1 aliphatic rings. The summed E-state index contributed by atoms with van der Waals surface area (Å²) in [7, 11) is 1.56. The second-order valence-electron chi connectivity index (χ2n) is 7.12. The summed E-state index contributed by atoms with van der Waals surface area (Å²) in [5.74, 6) is -0.483. The number of rotatable bonds is 7. The van der Waals surface area contributed by atoms with E-state index in [1.54, 1.807) is 31.4 Å². The van der Waals surface area contributed by atoms with Crippen LogP contribution in [0.2, 0.25) is 0 Å². The standard InChI is InChI=1S/C21H26N2O5/c1-27-15-7-5-14(6-8-15)17(12-19(22)25)21-20(26)18(24)11-16(28-21)13-23-9-3-2-4-10-23/h5-8,11,17,26H,2-4,9-10,12-13H2,1H3,(H2,22,25)/t17-/m1/s1. The SMILES string of the molecule is COc1ccc([C@@H](CC(N)=O)c2oc(CN3CCCCC3)cc(=O)c2O)cc1. The van der Waals surface area contributed by atoms with Gasteiger partial charge in [0.05, 0.1) is 19.6 Å². The molecule has 1 saturated heterocycles. The molecule has 3 rings (SSSR count). The van der Waals surface area contributed by atoms with Gasteiger partial charge in [0, 0.05) is 12.5 Å².